The second-order valence-corrected chi connectivity index (χ2v) is 4.40. The number of nitrogen functional groups attached to an aromatic ring is 1. The number of fused-ring (bicyclic) bond motifs is 1. The fourth-order valence-electron chi connectivity index (χ4n) is 1.86. The Kier molecular flexibility index (Phi) is 2.77. The van der Waals surface area contributed by atoms with E-state index in [-0.39, 0.29) is 5.82 Å². The molecule has 0 radical (unpaired) electrons. The summed E-state index contributed by atoms with van der Waals surface area (Å²) in [5.74, 6) is 0.765. The van der Waals surface area contributed by atoms with Gasteiger partial charge in [0.15, 0.2) is 5.82 Å². The van der Waals surface area contributed by atoms with E-state index in [9.17, 15) is 0 Å². The highest BCUT2D eigenvalue weighted by atomic mass is 35.5. The van der Waals surface area contributed by atoms with Gasteiger partial charge in [0.2, 0.25) is 0 Å². The molecule has 0 aliphatic carbocycles. The smallest absolute Gasteiger partial charge is 0.154 e. The van der Waals surface area contributed by atoms with Crippen molar-refractivity contribution >= 4 is 28.9 Å². The van der Waals surface area contributed by atoms with Gasteiger partial charge in [-0.25, -0.2) is 9.97 Å². The lowest BCUT2D eigenvalue weighted by Gasteiger charge is -2.09. The normalized spacial score (nSPS) is 13.4. The second kappa shape index (κ2) is 4.44. The van der Waals surface area contributed by atoms with Crippen LogP contribution in [-0.4, -0.2) is 9.97 Å². The Morgan fingerprint density at radius 2 is 2.06 bits per heavy atom. The molecule has 0 saturated carbocycles. The average molecular weight is 263 g/mol. The monoisotopic (exact) mass is 262 g/mol. The van der Waals surface area contributed by atoms with Crippen LogP contribution >= 0.6 is 11.6 Å². The quantitative estimate of drug-likeness (QED) is 0.870. The number of rotatable bonds is 2. The maximum atomic E-state index is 6.02. The molecule has 18 heavy (non-hydrogen) atoms. The van der Waals surface area contributed by atoms with Crippen LogP contribution in [0.5, 0.6) is 0 Å². The van der Waals surface area contributed by atoms with E-state index in [1.807, 2.05) is 18.2 Å². The number of nitrogens with zero attached hydrogens (tertiary/aromatic N) is 2. The SMILES string of the molecule is Nc1ncnc(Nc2ccc3c(c2)COC3)c1Cl. The molecule has 0 spiro atoms. The minimum absolute atomic E-state index is 0.263. The van der Waals surface area contributed by atoms with Crippen molar-refractivity contribution in [3.8, 4) is 0 Å². The predicted molar refractivity (Wildman–Crippen MR) is 69.7 cm³/mol. The van der Waals surface area contributed by atoms with Crippen LogP contribution in [0.2, 0.25) is 5.02 Å². The van der Waals surface area contributed by atoms with Crippen LogP contribution in [0.25, 0.3) is 0 Å². The first kappa shape index (κ1) is 11.3. The van der Waals surface area contributed by atoms with E-state index in [0.29, 0.717) is 24.1 Å². The summed E-state index contributed by atoms with van der Waals surface area (Å²) >= 11 is 6.02. The third-order valence-electron chi connectivity index (χ3n) is 2.80. The molecule has 1 aliphatic rings. The van der Waals surface area contributed by atoms with Crippen molar-refractivity contribution < 1.29 is 4.74 Å². The lowest BCUT2D eigenvalue weighted by Crippen LogP contribution is -2.00. The van der Waals surface area contributed by atoms with Gasteiger partial charge >= 0.3 is 0 Å². The Bertz CT molecular complexity index is 603. The van der Waals surface area contributed by atoms with Crippen LogP contribution in [0.4, 0.5) is 17.3 Å². The average Bonchev–Trinajstić information content (AvgIpc) is 2.82. The van der Waals surface area contributed by atoms with Gasteiger partial charge in [-0.05, 0) is 23.3 Å². The van der Waals surface area contributed by atoms with Gasteiger partial charge < -0.3 is 15.8 Å². The van der Waals surface area contributed by atoms with Crippen molar-refractivity contribution in [2.45, 2.75) is 13.2 Å². The van der Waals surface area contributed by atoms with Gasteiger partial charge in [-0.2, -0.15) is 0 Å². The molecule has 0 unspecified atom stereocenters. The third-order valence-corrected chi connectivity index (χ3v) is 3.17. The topological polar surface area (TPSA) is 73.1 Å². The molecule has 92 valence electrons. The van der Waals surface area contributed by atoms with Gasteiger partial charge in [-0.15, -0.1) is 0 Å². The summed E-state index contributed by atoms with van der Waals surface area (Å²) < 4.78 is 5.36. The maximum absolute atomic E-state index is 6.02. The number of nitrogens with one attached hydrogen (secondary N) is 1. The molecule has 5 nitrogen and oxygen atoms in total. The van der Waals surface area contributed by atoms with Crippen LogP contribution in [0.3, 0.4) is 0 Å². The van der Waals surface area contributed by atoms with E-state index < -0.39 is 0 Å². The maximum Gasteiger partial charge on any atom is 0.154 e. The molecule has 1 aliphatic heterocycles. The van der Waals surface area contributed by atoms with E-state index in [4.69, 9.17) is 22.1 Å². The summed E-state index contributed by atoms with van der Waals surface area (Å²) in [6, 6.07) is 6.02. The van der Waals surface area contributed by atoms with Gasteiger partial charge in [0, 0.05) is 5.69 Å². The largest absolute Gasteiger partial charge is 0.382 e. The highest BCUT2D eigenvalue weighted by molar-refractivity contribution is 6.35. The van der Waals surface area contributed by atoms with Crippen molar-refractivity contribution in [1.29, 1.82) is 0 Å². The first-order valence-electron chi connectivity index (χ1n) is 5.46. The molecule has 2 aromatic rings. The molecule has 3 rings (SSSR count). The molecule has 0 atom stereocenters. The Balaban J connectivity index is 1.90. The number of ether oxygens (including phenoxy) is 1. The number of benzene rings is 1. The molecule has 6 heteroatoms. The van der Waals surface area contributed by atoms with E-state index >= 15 is 0 Å². The summed E-state index contributed by atoms with van der Waals surface area (Å²) in [6.45, 7) is 1.32. The van der Waals surface area contributed by atoms with Crippen LogP contribution in [0, 0.1) is 0 Å². The molecule has 0 amide bonds. The van der Waals surface area contributed by atoms with Crippen molar-refractivity contribution in [3.05, 3.63) is 40.7 Å². The summed E-state index contributed by atoms with van der Waals surface area (Å²) in [7, 11) is 0. The molecule has 1 aromatic heterocycles. The zero-order valence-electron chi connectivity index (χ0n) is 9.48. The number of hydrogen-bond donors (Lipinski definition) is 2. The molecular weight excluding hydrogens is 252 g/mol. The Hall–Kier alpha value is -1.85. The van der Waals surface area contributed by atoms with Gasteiger partial charge in [0.25, 0.3) is 0 Å². The fraction of sp³-hybridized carbons (Fsp3) is 0.167. The van der Waals surface area contributed by atoms with Crippen LogP contribution in [-0.2, 0) is 18.0 Å². The summed E-state index contributed by atoms with van der Waals surface area (Å²) in [5.41, 5.74) is 8.92. The van der Waals surface area contributed by atoms with Crippen molar-refractivity contribution in [2.75, 3.05) is 11.1 Å². The van der Waals surface area contributed by atoms with E-state index in [2.05, 4.69) is 15.3 Å². The minimum atomic E-state index is 0.263. The van der Waals surface area contributed by atoms with Gasteiger partial charge in [-0.3, -0.25) is 0 Å². The fourth-order valence-corrected chi connectivity index (χ4v) is 2.00. The van der Waals surface area contributed by atoms with E-state index in [1.165, 1.54) is 17.5 Å². The number of halogens is 1. The summed E-state index contributed by atoms with van der Waals surface area (Å²) in [4.78, 5) is 7.88. The van der Waals surface area contributed by atoms with Gasteiger partial charge in [-0.1, -0.05) is 17.7 Å². The Morgan fingerprint density at radius 3 is 2.94 bits per heavy atom. The van der Waals surface area contributed by atoms with Crippen molar-refractivity contribution in [1.82, 2.24) is 9.97 Å². The van der Waals surface area contributed by atoms with Gasteiger partial charge in [0.1, 0.15) is 17.2 Å². The third kappa shape index (κ3) is 1.98. The van der Waals surface area contributed by atoms with Gasteiger partial charge in [0.05, 0.1) is 13.2 Å². The molecule has 2 heterocycles. The number of anilines is 3. The lowest BCUT2D eigenvalue weighted by atomic mass is 10.1. The zero-order chi connectivity index (χ0) is 12.5. The second-order valence-electron chi connectivity index (χ2n) is 4.02. The standard InChI is InChI=1S/C12H11ClN4O/c13-10-11(14)15-6-16-12(10)17-9-2-1-7-4-18-5-8(7)3-9/h1-3,6H,4-5H2,(H3,14,15,16,17). The highest BCUT2D eigenvalue weighted by Crippen LogP contribution is 2.29. The zero-order valence-corrected chi connectivity index (χ0v) is 10.2. The van der Waals surface area contributed by atoms with Crippen molar-refractivity contribution in [3.63, 3.8) is 0 Å². The van der Waals surface area contributed by atoms with Crippen molar-refractivity contribution in [2.24, 2.45) is 0 Å². The Morgan fingerprint density at radius 1 is 1.22 bits per heavy atom. The molecule has 0 bridgehead atoms. The predicted octanol–water partition coefficient (Wildman–Crippen LogP) is 2.49. The highest BCUT2D eigenvalue weighted by Gasteiger charge is 2.12. The van der Waals surface area contributed by atoms with Crippen LogP contribution in [0.15, 0.2) is 24.5 Å². The number of aromatic nitrogens is 2. The lowest BCUT2D eigenvalue weighted by molar-refractivity contribution is 0.134. The number of hydrogen-bond acceptors (Lipinski definition) is 5. The Labute approximate surface area is 109 Å². The first-order valence-corrected chi connectivity index (χ1v) is 5.84. The molecular formula is C12H11ClN4O. The molecule has 0 fully saturated rings. The number of nitrogens with two attached hydrogens (primary N) is 1. The molecule has 0 saturated heterocycles. The first-order chi connectivity index (χ1) is 8.74. The van der Waals surface area contributed by atoms with Crippen LogP contribution in [0.1, 0.15) is 11.1 Å². The van der Waals surface area contributed by atoms with Crippen LogP contribution < -0.4 is 11.1 Å². The van der Waals surface area contributed by atoms with E-state index in [0.717, 1.165) is 5.69 Å². The molecule has 1 aromatic carbocycles. The summed E-state index contributed by atoms with van der Waals surface area (Å²) in [6.07, 6.45) is 1.38. The van der Waals surface area contributed by atoms with E-state index in [1.54, 1.807) is 0 Å². The molecule has 3 N–H and O–H groups in total. The minimum Gasteiger partial charge on any atom is -0.382 e. The summed E-state index contributed by atoms with van der Waals surface area (Å²) in [5, 5.41) is 3.45.